The third-order valence-electron chi connectivity index (χ3n) is 5.07. The number of hydrogen-bond acceptors (Lipinski definition) is 6. The fraction of sp³-hybridized carbons (Fsp3) is 0.647. The highest BCUT2D eigenvalue weighted by atomic mass is 32.2. The summed E-state index contributed by atoms with van der Waals surface area (Å²) in [6, 6.07) is 4.99. The second-order valence-corrected chi connectivity index (χ2v) is 8.92. The van der Waals surface area contributed by atoms with Crippen LogP contribution >= 0.6 is 0 Å². The lowest BCUT2D eigenvalue weighted by Crippen LogP contribution is -2.44. The third-order valence-corrected chi connectivity index (χ3v) is 6.89. The molecule has 8 heteroatoms. The number of sulfonamides is 1. The molecule has 2 bridgehead atoms. The van der Waals surface area contributed by atoms with E-state index in [1.165, 1.54) is 0 Å². The number of fused-ring (bicyclic) bond motifs is 4. The van der Waals surface area contributed by atoms with E-state index < -0.39 is 10.0 Å². The second-order valence-electron chi connectivity index (χ2n) is 6.98. The minimum Gasteiger partial charge on any atom is -0.490 e. The van der Waals surface area contributed by atoms with Crippen molar-refractivity contribution in [3.05, 3.63) is 18.2 Å². The molecule has 2 saturated heterocycles. The van der Waals surface area contributed by atoms with E-state index in [-0.39, 0.29) is 16.9 Å². The zero-order chi connectivity index (χ0) is 17.4. The molecule has 0 amide bonds. The van der Waals surface area contributed by atoms with E-state index in [2.05, 4.69) is 4.90 Å². The van der Waals surface area contributed by atoms with Gasteiger partial charge in [-0.1, -0.05) is 0 Å². The SMILES string of the molecule is CN1C[C@H]2COC[C@@H]1CN(S(=O)(=O)c1ccc3c(c1)OCCCO3)C2. The number of nitrogens with zero attached hydrogens (tertiary/aromatic N) is 2. The van der Waals surface area contributed by atoms with Gasteiger partial charge in [0.1, 0.15) is 0 Å². The highest BCUT2D eigenvalue weighted by molar-refractivity contribution is 7.89. The average Bonchev–Trinajstić information content (AvgIpc) is 2.96. The standard InChI is InChI=1S/C17H24N2O5S/c1-18-8-13-9-19(10-14(18)12-22-11-13)25(20,21)15-3-4-16-17(7-15)24-6-2-5-23-16/h3-4,7,13-14H,2,5-6,8-12H2,1H3/t13-,14+/m1/s1. The lowest BCUT2D eigenvalue weighted by molar-refractivity contribution is 0.0727. The van der Waals surface area contributed by atoms with Gasteiger partial charge in [-0.15, -0.1) is 0 Å². The summed E-state index contributed by atoms with van der Waals surface area (Å²) < 4.78 is 45.0. The van der Waals surface area contributed by atoms with Crippen LogP contribution in [0.2, 0.25) is 0 Å². The van der Waals surface area contributed by atoms with Crippen LogP contribution in [0.4, 0.5) is 0 Å². The van der Waals surface area contributed by atoms with Crippen LogP contribution < -0.4 is 9.47 Å². The molecular formula is C17H24N2O5S. The molecule has 0 saturated carbocycles. The monoisotopic (exact) mass is 368 g/mol. The smallest absolute Gasteiger partial charge is 0.243 e. The van der Waals surface area contributed by atoms with E-state index in [4.69, 9.17) is 14.2 Å². The first-order valence-corrected chi connectivity index (χ1v) is 10.2. The maximum absolute atomic E-state index is 13.2. The Labute approximate surface area is 148 Å². The minimum atomic E-state index is -3.58. The molecule has 0 aromatic heterocycles. The Bertz CT molecular complexity index is 739. The van der Waals surface area contributed by atoms with Gasteiger partial charge in [-0.05, 0) is 19.2 Å². The summed E-state index contributed by atoms with van der Waals surface area (Å²) in [6.45, 7) is 4.08. The van der Waals surface area contributed by atoms with Crippen molar-refractivity contribution in [2.24, 2.45) is 5.92 Å². The van der Waals surface area contributed by atoms with E-state index in [1.807, 2.05) is 7.05 Å². The molecule has 25 heavy (non-hydrogen) atoms. The summed E-state index contributed by atoms with van der Waals surface area (Å²) in [5.74, 6) is 1.30. The Morgan fingerprint density at radius 1 is 1.04 bits per heavy atom. The summed E-state index contributed by atoms with van der Waals surface area (Å²) in [7, 11) is -1.54. The Hall–Kier alpha value is -1.35. The molecule has 0 radical (unpaired) electrons. The maximum Gasteiger partial charge on any atom is 0.243 e. The molecule has 7 nitrogen and oxygen atoms in total. The van der Waals surface area contributed by atoms with Crippen LogP contribution in [0.1, 0.15) is 6.42 Å². The molecule has 3 aliphatic heterocycles. The molecule has 2 atom stereocenters. The Balaban J connectivity index is 1.64. The van der Waals surface area contributed by atoms with Gasteiger partial charge in [-0.3, -0.25) is 4.90 Å². The van der Waals surface area contributed by atoms with Gasteiger partial charge in [0.05, 0.1) is 31.3 Å². The average molecular weight is 368 g/mol. The second kappa shape index (κ2) is 6.75. The lowest BCUT2D eigenvalue weighted by Gasteiger charge is -2.29. The number of benzene rings is 1. The van der Waals surface area contributed by atoms with Crippen molar-refractivity contribution in [1.82, 2.24) is 9.21 Å². The van der Waals surface area contributed by atoms with E-state index in [0.717, 1.165) is 13.0 Å². The van der Waals surface area contributed by atoms with Gasteiger partial charge in [0.2, 0.25) is 10.0 Å². The molecule has 0 unspecified atom stereocenters. The fourth-order valence-electron chi connectivity index (χ4n) is 3.66. The van der Waals surface area contributed by atoms with Crippen LogP contribution in [0.5, 0.6) is 11.5 Å². The van der Waals surface area contributed by atoms with Crippen LogP contribution in [0.3, 0.4) is 0 Å². The van der Waals surface area contributed by atoms with E-state index in [0.29, 0.717) is 51.0 Å². The van der Waals surface area contributed by atoms with Crippen molar-refractivity contribution in [2.75, 3.05) is 53.1 Å². The first kappa shape index (κ1) is 17.1. The molecule has 0 aliphatic carbocycles. The predicted octanol–water partition coefficient (Wildman–Crippen LogP) is 0.799. The summed E-state index contributed by atoms with van der Waals surface area (Å²) in [5.41, 5.74) is 0. The highest BCUT2D eigenvalue weighted by Crippen LogP contribution is 2.33. The molecule has 1 aromatic rings. The van der Waals surface area contributed by atoms with Crippen molar-refractivity contribution in [3.63, 3.8) is 0 Å². The fourth-order valence-corrected chi connectivity index (χ4v) is 5.23. The van der Waals surface area contributed by atoms with Gasteiger partial charge in [0, 0.05) is 44.1 Å². The third kappa shape index (κ3) is 3.36. The van der Waals surface area contributed by atoms with Gasteiger partial charge in [0.25, 0.3) is 0 Å². The van der Waals surface area contributed by atoms with Gasteiger partial charge >= 0.3 is 0 Å². The quantitative estimate of drug-likeness (QED) is 0.769. The first-order valence-electron chi connectivity index (χ1n) is 8.72. The molecule has 3 heterocycles. The van der Waals surface area contributed by atoms with Crippen molar-refractivity contribution in [1.29, 1.82) is 0 Å². The Morgan fingerprint density at radius 3 is 2.68 bits per heavy atom. The predicted molar refractivity (Wildman–Crippen MR) is 91.5 cm³/mol. The van der Waals surface area contributed by atoms with Crippen LogP contribution in [0, 0.1) is 5.92 Å². The lowest BCUT2D eigenvalue weighted by atomic mass is 10.1. The minimum absolute atomic E-state index is 0.0858. The highest BCUT2D eigenvalue weighted by Gasteiger charge is 2.37. The van der Waals surface area contributed by atoms with Crippen molar-refractivity contribution in [2.45, 2.75) is 17.4 Å². The van der Waals surface area contributed by atoms with E-state index >= 15 is 0 Å². The van der Waals surface area contributed by atoms with Crippen LogP contribution in [0.25, 0.3) is 0 Å². The topological polar surface area (TPSA) is 68.3 Å². The number of hydrogen-bond donors (Lipinski definition) is 0. The van der Waals surface area contributed by atoms with Crippen molar-refractivity contribution in [3.8, 4) is 11.5 Å². The molecule has 0 N–H and O–H groups in total. The normalized spacial score (nSPS) is 28.2. The largest absolute Gasteiger partial charge is 0.490 e. The Kier molecular flexibility index (Phi) is 4.61. The maximum atomic E-state index is 13.2. The molecule has 1 aromatic carbocycles. The molecule has 0 spiro atoms. The summed E-state index contributed by atoms with van der Waals surface area (Å²) in [5, 5.41) is 0. The van der Waals surface area contributed by atoms with Crippen LogP contribution in [-0.2, 0) is 14.8 Å². The summed E-state index contributed by atoms with van der Waals surface area (Å²) in [6.07, 6.45) is 0.790. The van der Waals surface area contributed by atoms with E-state index in [1.54, 1.807) is 22.5 Å². The van der Waals surface area contributed by atoms with Gasteiger partial charge in [-0.25, -0.2) is 8.42 Å². The van der Waals surface area contributed by atoms with Gasteiger partial charge < -0.3 is 14.2 Å². The van der Waals surface area contributed by atoms with Crippen LogP contribution in [-0.4, -0.2) is 76.8 Å². The summed E-state index contributed by atoms with van der Waals surface area (Å²) in [4.78, 5) is 2.47. The molecule has 3 aliphatic rings. The molecule has 4 rings (SSSR count). The number of likely N-dealkylation sites (N-methyl/N-ethyl adjacent to an activating group) is 1. The van der Waals surface area contributed by atoms with Crippen molar-refractivity contribution >= 4 is 10.0 Å². The number of ether oxygens (including phenoxy) is 3. The van der Waals surface area contributed by atoms with Crippen molar-refractivity contribution < 1.29 is 22.6 Å². The van der Waals surface area contributed by atoms with E-state index in [9.17, 15) is 8.42 Å². The Morgan fingerprint density at radius 2 is 1.84 bits per heavy atom. The molecule has 138 valence electrons. The van der Waals surface area contributed by atoms with Gasteiger partial charge in [0.15, 0.2) is 11.5 Å². The number of rotatable bonds is 2. The summed E-state index contributed by atoms with van der Waals surface area (Å²) >= 11 is 0. The van der Waals surface area contributed by atoms with Crippen LogP contribution in [0.15, 0.2) is 23.1 Å². The van der Waals surface area contributed by atoms with Gasteiger partial charge in [-0.2, -0.15) is 4.31 Å². The zero-order valence-corrected chi connectivity index (χ0v) is 15.2. The zero-order valence-electron chi connectivity index (χ0n) is 14.4. The molecule has 2 fully saturated rings. The molecular weight excluding hydrogens is 344 g/mol. The first-order chi connectivity index (χ1) is 12.0.